The van der Waals surface area contributed by atoms with Crippen molar-refractivity contribution in [1.29, 1.82) is 0 Å². The van der Waals surface area contributed by atoms with E-state index in [0.717, 1.165) is 6.42 Å². The summed E-state index contributed by atoms with van der Waals surface area (Å²) in [6.45, 7) is 0. The predicted molar refractivity (Wildman–Crippen MR) is 78.7 cm³/mol. The quantitative estimate of drug-likeness (QED) is 0.414. The van der Waals surface area contributed by atoms with E-state index >= 15 is 0 Å². The van der Waals surface area contributed by atoms with Crippen molar-refractivity contribution in [2.24, 2.45) is 0 Å². The van der Waals surface area contributed by atoms with Crippen LogP contribution in [0.2, 0.25) is 0 Å². The largest absolute Gasteiger partial charge is 0.136 e. The van der Waals surface area contributed by atoms with Crippen LogP contribution in [0.5, 0.6) is 0 Å². The average Bonchev–Trinajstić information content (AvgIpc) is 2.74. The van der Waals surface area contributed by atoms with Crippen molar-refractivity contribution in [3.8, 4) is 0 Å². The van der Waals surface area contributed by atoms with Gasteiger partial charge in [0.25, 0.3) is 0 Å². The highest BCUT2D eigenvalue weighted by Gasteiger charge is 2.13. The van der Waals surface area contributed by atoms with Gasteiger partial charge in [-0.05, 0) is 52.6 Å². The summed E-state index contributed by atoms with van der Waals surface area (Å²) in [4.78, 5) is 0. The molecule has 0 saturated carbocycles. The fraction of sp³-hybridized carbons (Fsp3) is 0.0667. The van der Waals surface area contributed by atoms with E-state index in [4.69, 9.17) is 0 Å². The molecule has 1 aliphatic carbocycles. The molecule has 0 unspecified atom stereocenters. The lowest BCUT2D eigenvalue weighted by Gasteiger charge is -2.03. The van der Waals surface area contributed by atoms with E-state index in [1.807, 2.05) is 11.3 Å². The molecule has 0 amide bonds. The Morgan fingerprint density at radius 2 is 1.82 bits per heavy atom. The summed E-state index contributed by atoms with van der Waals surface area (Å²) in [7, 11) is 0. The average molecular weight is 301 g/mol. The summed E-state index contributed by atoms with van der Waals surface area (Å²) in [6, 6.07) is 15.7. The van der Waals surface area contributed by atoms with Crippen LogP contribution in [0.1, 0.15) is 11.1 Å². The number of hydrogen-bond donors (Lipinski definition) is 0. The van der Waals surface area contributed by atoms with Crippen LogP contribution < -0.4 is 0 Å². The van der Waals surface area contributed by atoms with E-state index in [-0.39, 0.29) is 0 Å². The molecule has 82 valence electrons. The lowest BCUT2D eigenvalue weighted by atomic mass is 10.1. The molecule has 2 heteroatoms. The van der Waals surface area contributed by atoms with Gasteiger partial charge in [-0.25, -0.2) is 0 Å². The first-order chi connectivity index (χ1) is 8.29. The molecule has 3 aromatic rings. The lowest BCUT2D eigenvalue weighted by molar-refractivity contribution is 1.27. The Hall–Kier alpha value is -1.12. The van der Waals surface area contributed by atoms with Crippen LogP contribution >= 0.6 is 27.3 Å². The van der Waals surface area contributed by atoms with Crippen LogP contribution in [0.3, 0.4) is 0 Å². The zero-order chi connectivity index (χ0) is 11.4. The Bertz CT molecular complexity index is 784. The molecule has 0 fully saturated rings. The highest BCUT2D eigenvalue weighted by Crippen LogP contribution is 2.35. The van der Waals surface area contributed by atoms with E-state index in [1.54, 1.807) is 0 Å². The van der Waals surface area contributed by atoms with E-state index in [2.05, 4.69) is 58.4 Å². The molecular formula is C15H9BrS. The summed E-state index contributed by atoms with van der Waals surface area (Å²) in [5.74, 6) is 0. The molecule has 2 aromatic carbocycles. The Kier molecular flexibility index (Phi) is 1.99. The SMILES string of the molecule is Brc1cc2cc3cc(c4cccc(c4)s2)Cc13. The molecule has 5 bridgehead atoms. The van der Waals surface area contributed by atoms with Gasteiger partial charge in [-0.1, -0.05) is 34.1 Å². The molecule has 0 N–H and O–H groups in total. The first-order valence-electron chi connectivity index (χ1n) is 5.61. The third kappa shape index (κ3) is 1.48. The third-order valence-electron chi connectivity index (χ3n) is 3.34. The van der Waals surface area contributed by atoms with Gasteiger partial charge in [0, 0.05) is 13.9 Å². The van der Waals surface area contributed by atoms with Crippen LogP contribution in [0.15, 0.2) is 46.9 Å². The molecule has 1 aliphatic rings. The van der Waals surface area contributed by atoms with Crippen LogP contribution in [0, 0.1) is 0 Å². The van der Waals surface area contributed by atoms with Crippen LogP contribution in [0.25, 0.3) is 20.2 Å². The Balaban J connectivity index is 2.33. The monoisotopic (exact) mass is 300 g/mol. The maximum Gasteiger partial charge on any atom is 0.0293 e. The molecule has 0 spiro atoms. The summed E-state index contributed by atoms with van der Waals surface area (Å²) < 4.78 is 3.88. The van der Waals surface area contributed by atoms with Crippen molar-refractivity contribution in [2.75, 3.05) is 0 Å². The minimum Gasteiger partial charge on any atom is -0.136 e. The number of fused-ring (bicyclic) bond motifs is 5. The molecule has 1 heterocycles. The normalized spacial score (nSPS) is 12.8. The van der Waals surface area contributed by atoms with Crippen molar-refractivity contribution in [1.82, 2.24) is 0 Å². The first-order valence-corrected chi connectivity index (χ1v) is 7.22. The minimum atomic E-state index is 1.05. The predicted octanol–water partition coefficient (Wildman–Crippen LogP) is 5.28. The van der Waals surface area contributed by atoms with Crippen LogP contribution in [0.4, 0.5) is 0 Å². The van der Waals surface area contributed by atoms with Gasteiger partial charge in [0.05, 0.1) is 0 Å². The fourth-order valence-electron chi connectivity index (χ4n) is 2.52. The van der Waals surface area contributed by atoms with E-state index in [9.17, 15) is 0 Å². The van der Waals surface area contributed by atoms with Gasteiger partial charge in [-0.15, -0.1) is 11.3 Å². The van der Waals surface area contributed by atoms with Gasteiger partial charge < -0.3 is 0 Å². The molecule has 0 atom stereocenters. The first kappa shape index (κ1) is 9.86. The molecule has 4 rings (SSSR count). The highest BCUT2D eigenvalue weighted by atomic mass is 79.9. The molecule has 1 aromatic heterocycles. The maximum atomic E-state index is 3.70. The third-order valence-corrected chi connectivity index (χ3v) is 5.01. The van der Waals surface area contributed by atoms with E-state index in [0.29, 0.717) is 0 Å². The second-order valence-corrected chi connectivity index (χ2v) is 6.45. The van der Waals surface area contributed by atoms with Gasteiger partial charge in [-0.2, -0.15) is 0 Å². The van der Waals surface area contributed by atoms with Crippen molar-refractivity contribution in [3.63, 3.8) is 0 Å². The Morgan fingerprint density at radius 1 is 0.941 bits per heavy atom. The van der Waals surface area contributed by atoms with Crippen molar-refractivity contribution in [2.45, 2.75) is 6.42 Å². The van der Waals surface area contributed by atoms with Gasteiger partial charge in [-0.3, -0.25) is 0 Å². The van der Waals surface area contributed by atoms with Crippen LogP contribution in [-0.4, -0.2) is 0 Å². The van der Waals surface area contributed by atoms with Gasteiger partial charge in [0.15, 0.2) is 0 Å². The summed E-state index contributed by atoms with van der Waals surface area (Å²) >= 11 is 5.53. The zero-order valence-electron chi connectivity index (χ0n) is 9.03. The number of hydrogen-bond acceptors (Lipinski definition) is 1. The summed E-state index contributed by atoms with van der Waals surface area (Å²) in [6.07, 6.45) is 1.05. The number of halogens is 1. The van der Waals surface area contributed by atoms with Crippen molar-refractivity contribution >= 4 is 47.4 Å². The smallest absolute Gasteiger partial charge is 0.0293 e. The second kappa shape index (κ2) is 3.44. The molecule has 0 nitrogen and oxygen atoms in total. The molecular weight excluding hydrogens is 292 g/mol. The van der Waals surface area contributed by atoms with Crippen molar-refractivity contribution < 1.29 is 0 Å². The molecule has 0 saturated heterocycles. The van der Waals surface area contributed by atoms with Gasteiger partial charge in [0.2, 0.25) is 0 Å². The molecule has 0 radical (unpaired) electrons. The van der Waals surface area contributed by atoms with Crippen molar-refractivity contribution in [3.05, 3.63) is 58.1 Å². The highest BCUT2D eigenvalue weighted by molar-refractivity contribution is 9.10. The summed E-state index contributed by atoms with van der Waals surface area (Å²) in [5.41, 5.74) is 2.86. The molecule has 0 aliphatic heterocycles. The number of rotatable bonds is 0. The topological polar surface area (TPSA) is 0 Å². The Morgan fingerprint density at radius 3 is 2.76 bits per heavy atom. The minimum absolute atomic E-state index is 1.05. The Labute approximate surface area is 112 Å². The lowest BCUT2D eigenvalue weighted by Crippen LogP contribution is -1.84. The summed E-state index contributed by atoms with van der Waals surface area (Å²) in [5, 5.41) is 2.73. The van der Waals surface area contributed by atoms with Crippen LogP contribution in [-0.2, 0) is 6.42 Å². The number of benzene rings is 2. The zero-order valence-corrected chi connectivity index (χ0v) is 11.4. The second-order valence-electron chi connectivity index (χ2n) is 4.45. The molecule has 17 heavy (non-hydrogen) atoms. The standard InChI is InChI=1S/C15H9BrS/c16-15-8-13-6-11-4-10(7-14(11)15)9-2-1-3-12(5-9)17-13/h1-6,8H,7H2. The van der Waals surface area contributed by atoms with E-state index in [1.165, 1.54) is 35.8 Å². The van der Waals surface area contributed by atoms with Gasteiger partial charge in [0.1, 0.15) is 0 Å². The van der Waals surface area contributed by atoms with Gasteiger partial charge >= 0.3 is 0 Å². The maximum absolute atomic E-state index is 3.70. The van der Waals surface area contributed by atoms with E-state index < -0.39 is 0 Å². The fourth-order valence-corrected chi connectivity index (χ4v) is 4.25.